The molecule has 0 aromatic carbocycles. The predicted molar refractivity (Wildman–Crippen MR) is 90.0 cm³/mol. The first-order valence-corrected chi connectivity index (χ1v) is 9.58. The van der Waals surface area contributed by atoms with Crippen molar-refractivity contribution in [2.45, 2.75) is 31.7 Å². The summed E-state index contributed by atoms with van der Waals surface area (Å²) in [6.45, 7) is 0. The van der Waals surface area contributed by atoms with Crippen LogP contribution in [0.1, 0.15) is 25.7 Å². The molecule has 2 aromatic heterocycles. The fourth-order valence-corrected chi connectivity index (χ4v) is 4.51. The Hall–Kier alpha value is -1.67. The Bertz CT molecular complexity index is 765. The van der Waals surface area contributed by atoms with Gasteiger partial charge in [-0.3, -0.25) is 0 Å². The molecule has 0 unspecified atom stereocenters. The average molecular weight is 337 g/mol. The molecule has 0 saturated heterocycles. The van der Waals surface area contributed by atoms with Crippen molar-refractivity contribution < 1.29 is 8.42 Å². The van der Waals surface area contributed by atoms with Crippen LogP contribution in [0.15, 0.2) is 24.7 Å². The summed E-state index contributed by atoms with van der Waals surface area (Å²) in [5.41, 5.74) is 0.995. The van der Waals surface area contributed by atoms with Crippen LogP contribution in [-0.2, 0) is 10.0 Å². The molecule has 1 fully saturated rings. The molecule has 0 bridgehead atoms. The van der Waals surface area contributed by atoms with E-state index in [2.05, 4.69) is 26.8 Å². The molecule has 0 amide bonds. The van der Waals surface area contributed by atoms with Crippen LogP contribution < -0.4 is 9.62 Å². The van der Waals surface area contributed by atoms with Crippen LogP contribution in [0.2, 0.25) is 0 Å². The maximum absolute atomic E-state index is 11.7. The van der Waals surface area contributed by atoms with Gasteiger partial charge in [-0.25, -0.2) is 22.6 Å². The summed E-state index contributed by atoms with van der Waals surface area (Å²) in [4.78, 5) is 6.64. The smallest absolute Gasteiger partial charge is 0.211 e. The van der Waals surface area contributed by atoms with E-state index in [1.165, 1.54) is 7.05 Å². The van der Waals surface area contributed by atoms with Gasteiger partial charge in [0.15, 0.2) is 5.82 Å². The minimum Gasteiger partial charge on any atom is -0.355 e. The van der Waals surface area contributed by atoms with Crippen molar-refractivity contribution in [1.29, 1.82) is 0 Å². The van der Waals surface area contributed by atoms with Crippen molar-refractivity contribution in [3.63, 3.8) is 0 Å². The van der Waals surface area contributed by atoms with Crippen LogP contribution in [0.25, 0.3) is 5.52 Å². The highest BCUT2D eigenvalue weighted by atomic mass is 32.2. The monoisotopic (exact) mass is 337 g/mol. The van der Waals surface area contributed by atoms with E-state index >= 15 is 0 Å². The first kappa shape index (κ1) is 16.2. The number of nitrogens with one attached hydrogen (secondary N) is 1. The quantitative estimate of drug-likeness (QED) is 0.889. The van der Waals surface area contributed by atoms with Crippen LogP contribution in [0.4, 0.5) is 5.82 Å². The van der Waals surface area contributed by atoms with Gasteiger partial charge in [-0.2, -0.15) is 5.10 Å². The molecule has 0 atom stereocenters. The van der Waals surface area contributed by atoms with E-state index in [0.29, 0.717) is 6.04 Å². The van der Waals surface area contributed by atoms with E-state index < -0.39 is 10.0 Å². The molecular weight excluding hydrogens is 314 g/mol. The van der Waals surface area contributed by atoms with Crippen molar-refractivity contribution in [3.05, 3.63) is 24.7 Å². The third-order valence-electron chi connectivity index (χ3n) is 4.78. The van der Waals surface area contributed by atoms with E-state index in [9.17, 15) is 8.42 Å². The molecule has 1 aliphatic rings. The Balaban J connectivity index is 1.67. The van der Waals surface area contributed by atoms with Gasteiger partial charge < -0.3 is 4.90 Å². The molecule has 0 spiro atoms. The fourth-order valence-electron chi connectivity index (χ4n) is 3.39. The highest BCUT2D eigenvalue weighted by Gasteiger charge is 2.28. The topological polar surface area (TPSA) is 79.6 Å². The summed E-state index contributed by atoms with van der Waals surface area (Å²) in [6.07, 6.45) is 7.31. The number of nitrogens with zero attached hydrogens (tertiary/aromatic N) is 4. The number of anilines is 1. The molecule has 2 heterocycles. The molecule has 1 N–H and O–H groups in total. The lowest BCUT2D eigenvalue weighted by Crippen LogP contribution is -2.38. The molecule has 0 radical (unpaired) electrons. The van der Waals surface area contributed by atoms with Crippen molar-refractivity contribution in [1.82, 2.24) is 19.3 Å². The lowest BCUT2D eigenvalue weighted by atomic mass is 9.86. The molecule has 7 nitrogen and oxygen atoms in total. The molecular formula is C15H23N5O2S. The number of fused-ring (bicyclic) bond motifs is 1. The van der Waals surface area contributed by atoms with Crippen molar-refractivity contribution >= 4 is 21.4 Å². The van der Waals surface area contributed by atoms with E-state index in [1.807, 2.05) is 22.8 Å². The zero-order valence-electron chi connectivity index (χ0n) is 13.5. The first-order chi connectivity index (χ1) is 11.0. The average Bonchev–Trinajstić information content (AvgIpc) is 3.03. The summed E-state index contributed by atoms with van der Waals surface area (Å²) < 4.78 is 27.6. The molecule has 2 aromatic rings. The van der Waals surface area contributed by atoms with E-state index in [1.54, 1.807) is 6.33 Å². The van der Waals surface area contributed by atoms with Gasteiger partial charge in [0.2, 0.25) is 10.0 Å². The minimum atomic E-state index is -3.12. The second kappa shape index (κ2) is 6.45. The molecule has 23 heavy (non-hydrogen) atoms. The van der Waals surface area contributed by atoms with Crippen molar-refractivity contribution in [2.75, 3.05) is 24.7 Å². The van der Waals surface area contributed by atoms with Crippen LogP contribution >= 0.6 is 0 Å². The Morgan fingerprint density at radius 1 is 1.35 bits per heavy atom. The van der Waals surface area contributed by atoms with Gasteiger partial charge in [-0.05, 0) is 50.8 Å². The Morgan fingerprint density at radius 2 is 2.09 bits per heavy atom. The van der Waals surface area contributed by atoms with E-state index in [4.69, 9.17) is 0 Å². The lowest BCUT2D eigenvalue weighted by Gasteiger charge is -2.35. The van der Waals surface area contributed by atoms with Gasteiger partial charge in [-0.15, -0.1) is 0 Å². The molecule has 1 saturated carbocycles. The molecule has 8 heteroatoms. The first-order valence-electron chi connectivity index (χ1n) is 7.92. The number of rotatable bonds is 5. The summed E-state index contributed by atoms with van der Waals surface area (Å²) in [6, 6.07) is 4.36. The molecule has 1 aliphatic carbocycles. The highest BCUT2D eigenvalue weighted by Crippen LogP contribution is 2.31. The minimum absolute atomic E-state index is 0.233. The number of aromatic nitrogens is 3. The van der Waals surface area contributed by atoms with Gasteiger partial charge in [0.1, 0.15) is 11.8 Å². The summed E-state index contributed by atoms with van der Waals surface area (Å²) in [5, 5.41) is 4.20. The predicted octanol–water partition coefficient (Wildman–Crippen LogP) is 1.27. The summed E-state index contributed by atoms with van der Waals surface area (Å²) >= 11 is 0. The molecule has 126 valence electrons. The van der Waals surface area contributed by atoms with Crippen LogP contribution in [0.3, 0.4) is 0 Å². The van der Waals surface area contributed by atoms with Gasteiger partial charge in [-0.1, -0.05) is 0 Å². The van der Waals surface area contributed by atoms with Gasteiger partial charge in [0, 0.05) is 19.3 Å². The maximum Gasteiger partial charge on any atom is 0.211 e. The molecule has 3 rings (SSSR count). The summed E-state index contributed by atoms with van der Waals surface area (Å²) in [7, 11) is 0.421. The Labute approximate surface area is 136 Å². The molecule has 0 aliphatic heterocycles. The zero-order valence-corrected chi connectivity index (χ0v) is 14.3. The maximum atomic E-state index is 11.7. The van der Waals surface area contributed by atoms with Crippen molar-refractivity contribution in [2.24, 2.45) is 5.92 Å². The third kappa shape index (κ3) is 3.48. The highest BCUT2D eigenvalue weighted by molar-refractivity contribution is 7.89. The number of sulfonamides is 1. The van der Waals surface area contributed by atoms with E-state index in [-0.39, 0.29) is 11.7 Å². The van der Waals surface area contributed by atoms with E-state index in [0.717, 1.165) is 37.0 Å². The Morgan fingerprint density at radius 3 is 2.78 bits per heavy atom. The second-order valence-electron chi connectivity index (χ2n) is 6.19. The standard InChI is InChI=1S/C15H23N5O2S/c1-16-23(21,22)10-12-5-7-13(8-6-12)19(2)15-14-4-3-9-20(14)18-11-17-15/h3-4,9,11-13,16H,5-8,10H2,1-2H3/t12-,13-. The lowest BCUT2D eigenvalue weighted by molar-refractivity contribution is 0.340. The van der Waals surface area contributed by atoms with Crippen molar-refractivity contribution in [3.8, 4) is 0 Å². The van der Waals surface area contributed by atoms with Gasteiger partial charge in [0.05, 0.1) is 5.75 Å². The number of hydrogen-bond acceptors (Lipinski definition) is 5. The second-order valence-corrected chi connectivity index (χ2v) is 8.16. The van der Waals surface area contributed by atoms with Crippen LogP contribution in [-0.4, -0.2) is 48.9 Å². The normalized spacial score (nSPS) is 22.3. The van der Waals surface area contributed by atoms with Crippen LogP contribution in [0.5, 0.6) is 0 Å². The Kier molecular flexibility index (Phi) is 4.54. The number of hydrogen-bond donors (Lipinski definition) is 1. The zero-order chi connectivity index (χ0) is 16.4. The summed E-state index contributed by atoms with van der Waals surface area (Å²) in [5.74, 6) is 1.41. The van der Waals surface area contributed by atoms with Gasteiger partial charge in [0.25, 0.3) is 0 Å². The van der Waals surface area contributed by atoms with Crippen LogP contribution in [0, 0.1) is 5.92 Å². The fraction of sp³-hybridized carbons (Fsp3) is 0.600. The largest absolute Gasteiger partial charge is 0.355 e. The SMILES string of the molecule is CNS(=O)(=O)C[C@H]1CC[C@H](N(C)c2ncnn3cccc23)CC1. The third-order valence-corrected chi connectivity index (χ3v) is 6.31. The van der Waals surface area contributed by atoms with Gasteiger partial charge >= 0.3 is 0 Å².